The molecule has 0 saturated carbocycles. The van der Waals surface area contributed by atoms with Gasteiger partial charge >= 0.3 is 0 Å². The lowest BCUT2D eigenvalue weighted by Crippen LogP contribution is -2.12. The van der Waals surface area contributed by atoms with Gasteiger partial charge in [-0.15, -0.1) is 23.5 Å². The minimum atomic E-state index is -0.283. The van der Waals surface area contributed by atoms with Crippen molar-refractivity contribution in [1.82, 2.24) is 0 Å². The molecule has 6 heteroatoms. The first-order valence-electron chi connectivity index (χ1n) is 7.69. The van der Waals surface area contributed by atoms with Gasteiger partial charge in [0.1, 0.15) is 5.82 Å². The molecule has 3 rings (SSSR count). The number of aryl methyl sites for hydroxylation is 1. The van der Waals surface area contributed by atoms with Crippen LogP contribution in [0.1, 0.15) is 22.1 Å². The van der Waals surface area contributed by atoms with E-state index in [2.05, 4.69) is 27.3 Å². The second-order valence-corrected chi connectivity index (χ2v) is 9.12. The van der Waals surface area contributed by atoms with Crippen molar-refractivity contribution in [2.24, 2.45) is 0 Å². The van der Waals surface area contributed by atoms with Gasteiger partial charge in [-0.2, -0.15) is 0 Å². The number of hydrogen-bond acceptors (Lipinski definition) is 3. The number of nitrogens with one attached hydrogen (secondary N) is 1. The van der Waals surface area contributed by atoms with Crippen LogP contribution in [0.5, 0.6) is 0 Å². The van der Waals surface area contributed by atoms with E-state index in [1.54, 1.807) is 12.1 Å². The quantitative estimate of drug-likeness (QED) is 0.671. The minimum Gasteiger partial charge on any atom is -0.326 e. The van der Waals surface area contributed by atoms with Crippen molar-refractivity contribution in [3.05, 3.63) is 63.9 Å². The summed E-state index contributed by atoms with van der Waals surface area (Å²) >= 11 is 7.11. The van der Waals surface area contributed by atoms with Crippen LogP contribution in [-0.2, 0) is 11.2 Å². The van der Waals surface area contributed by atoms with E-state index in [1.807, 2.05) is 41.7 Å². The highest BCUT2D eigenvalue weighted by Gasteiger charge is 2.18. The molecule has 1 amide bonds. The third-order valence-corrected chi connectivity index (χ3v) is 7.30. The summed E-state index contributed by atoms with van der Waals surface area (Å²) in [6.45, 7) is 0. The Kier molecular flexibility index (Phi) is 6.25. The lowest BCUT2D eigenvalue weighted by atomic mass is 10.1. The molecule has 1 heterocycles. The van der Waals surface area contributed by atoms with Crippen molar-refractivity contribution in [2.75, 3.05) is 16.8 Å². The Morgan fingerprint density at radius 2 is 2.00 bits per heavy atom. The van der Waals surface area contributed by atoms with Gasteiger partial charge in [0.15, 0.2) is 0 Å². The van der Waals surface area contributed by atoms with Gasteiger partial charge in [-0.3, -0.25) is 4.79 Å². The van der Waals surface area contributed by atoms with E-state index in [0.717, 1.165) is 5.69 Å². The molecule has 1 aliphatic rings. The van der Waals surface area contributed by atoms with E-state index in [1.165, 1.54) is 23.1 Å². The molecule has 0 radical (unpaired) electrons. The minimum absolute atomic E-state index is 0.0961. The Balaban J connectivity index is 1.57. The molecule has 1 aliphatic heterocycles. The predicted molar refractivity (Wildman–Crippen MR) is 105 cm³/mol. The smallest absolute Gasteiger partial charge is 0.224 e. The lowest BCUT2D eigenvalue weighted by molar-refractivity contribution is -0.116. The molecule has 126 valence electrons. The topological polar surface area (TPSA) is 29.1 Å². The molecular weight excluding hydrogens is 409 g/mol. The van der Waals surface area contributed by atoms with Crippen LogP contribution in [0.2, 0.25) is 0 Å². The zero-order valence-electron chi connectivity index (χ0n) is 12.9. The number of rotatable bonds is 5. The van der Waals surface area contributed by atoms with Crippen LogP contribution in [-0.4, -0.2) is 17.4 Å². The molecule has 0 atom stereocenters. The maximum Gasteiger partial charge on any atom is 0.224 e. The second-order valence-electron chi connectivity index (χ2n) is 5.48. The molecule has 0 bridgehead atoms. The van der Waals surface area contributed by atoms with Gasteiger partial charge in [-0.1, -0.05) is 34.1 Å². The predicted octanol–water partition coefficient (Wildman–Crippen LogP) is 5.64. The van der Waals surface area contributed by atoms with Gasteiger partial charge in [-0.05, 0) is 41.8 Å². The number of benzene rings is 2. The summed E-state index contributed by atoms with van der Waals surface area (Å²) in [4.78, 5) is 12.1. The SMILES string of the molecule is O=C(CCc1ccc(Br)cc1F)Nc1cccc(C2SCCS2)c1. The number of hydrogen-bond donors (Lipinski definition) is 1. The van der Waals surface area contributed by atoms with Gasteiger partial charge in [-0.25, -0.2) is 4.39 Å². The summed E-state index contributed by atoms with van der Waals surface area (Å²) in [5.41, 5.74) is 2.60. The zero-order chi connectivity index (χ0) is 16.9. The average Bonchev–Trinajstić information content (AvgIpc) is 3.09. The van der Waals surface area contributed by atoms with Gasteiger partial charge in [0.2, 0.25) is 5.91 Å². The molecule has 2 nitrogen and oxygen atoms in total. The molecule has 0 unspecified atom stereocenters. The highest BCUT2D eigenvalue weighted by Crippen LogP contribution is 2.45. The standard InChI is InChI=1S/C18H17BrFNOS2/c19-14-6-4-12(16(20)11-14)5-7-17(22)21-15-3-1-2-13(10-15)18-23-8-9-24-18/h1-4,6,10-11,18H,5,7-9H2,(H,21,22). The summed E-state index contributed by atoms with van der Waals surface area (Å²) < 4.78 is 14.9. The molecule has 2 aromatic rings. The van der Waals surface area contributed by atoms with Gasteiger partial charge in [0.05, 0.1) is 4.58 Å². The maximum atomic E-state index is 13.8. The highest BCUT2D eigenvalue weighted by molar-refractivity contribution is 9.10. The van der Waals surface area contributed by atoms with E-state index in [9.17, 15) is 9.18 Å². The largest absolute Gasteiger partial charge is 0.326 e. The number of carbonyl (C=O) groups is 1. The molecule has 0 aromatic heterocycles. The summed E-state index contributed by atoms with van der Waals surface area (Å²) in [5, 5.41) is 2.92. The Bertz CT molecular complexity index is 735. The first kappa shape index (κ1) is 17.8. The number of amides is 1. The van der Waals surface area contributed by atoms with Gasteiger partial charge in [0, 0.05) is 28.1 Å². The number of thioether (sulfide) groups is 2. The fraction of sp³-hybridized carbons (Fsp3) is 0.278. The van der Waals surface area contributed by atoms with Crippen LogP contribution in [0.4, 0.5) is 10.1 Å². The summed E-state index contributed by atoms with van der Waals surface area (Å²) in [5.74, 6) is 1.96. The van der Waals surface area contributed by atoms with Crippen LogP contribution in [0.3, 0.4) is 0 Å². The molecule has 1 fully saturated rings. The van der Waals surface area contributed by atoms with Crippen LogP contribution < -0.4 is 5.32 Å². The van der Waals surface area contributed by atoms with E-state index < -0.39 is 0 Å². The Morgan fingerprint density at radius 1 is 1.21 bits per heavy atom. The molecular formula is C18H17BrFNOS2. The van der Waals surface area contributed by atoms with Crippen molar-refractivity contribution in [3.8, 4) is 0 Å². The summed E-state index contributed by atoms with van der Waals surface area (Å²) in [6, 6.07) is 12.9. The summed E-state index contributed by atoms with van der Waals surface area (Å²) in [7, 11) is 0. The zero-order valence-corrected chi connectivity index (χ0v) is 16.1. The molecule has 1 saturated heterocycles. The van der Waals surface area contributed by atoms with Crippen LogP contribution in [0, 0.1) is 5.82 Å². The fourth-order valence-electron chi connectivity index (χ4n) is 2.51. The number of carbonyl (C=O) groups excluding carboxylic acids is 1. The van der Waals surface area contributed by atoms with Crippen LogP contribution in [0.25, 0.3) is 0 Å². The van der Waals surface area contributed by atoms with Crippen LogP contribution in [0.15, 0.2) is 46.9 Å². The molecule has 1 N–H and O–H groups in total. The van der Waals surface area contributed by atoms with E-state index >= 15 is 0 Å². The summed E-state index contributed by atoms with van der Waals surface area (Å²) in [6.07, 6.45) is 0.647. The fourth-order valence-corrected chi connectivity index (χ4v) is 5.68. The number of halogens is 2. The first-order valence-corrected chi connectivity index (χ1v) is 10.6. The molecule has 2 aromatic carbocycles. The van der Waals surface area contributed by atoms with Crippen molar-refractivity contribution in [3.63, 3.8) is 0 Å². The van der Waals surface area contributed by atoms with E-state index in [0.29, 0.717) is 21.0 Å². The third-order valence-electron chi connectivity index (χ3n) is 3.70. The monoisotopic (exact) mass is 425 g/mol. The molecule has 24 heavy (non-hydrogen) atoms. The Labute approximate surface area is 158 Å². The Hall–Kier alpha value is -0.980. The van der Waals surface area contributed by atoms with E-state index in [4.69, 9.17) is 0 Å². The average molecular weight is 426 g/mol. The van der Waals surface area contributed by atoms with Gasteiger partial charge < -0.3 is 5.32 Å². The molecule has 0 aliphatic carbocycles. The lowest BCUT2D eigenvalue weighted by Gasteiger charge is -2.11. The van der Waals surface area contributed by atoms with Crippen molar-refractivity contribution in [1.29, 1.82) is 0 Å². The second kappa shape index (κ2) is 8.41. The van der Waals surface area contributed by atoms with E-state index in [-0.39, 0.29) is 18.1 Å². The van der Waals surface area contributed by atoms with Crippen molar-refractivity contribution >= 4 is 51.0 Å². The van der Waals surface area contributed by atoms with Crippen molar-refractivity contribution < 1.29 is 9.18 Å². The van der Waals surface area contributed by atoms with Crippen LogP contribution >= 0.6 is 39.5 Å². The van der Waals surface area contributed by atoms with Gasteiger partial charge in [0.25, 0.3) is 0 Å². The first-order chi connectivity index (χ1) is 11.6. The normalized spacial score (nSPS) is 14.8. The van der Waals surface area contributed by atoms with Crippen molar-refractivity contribution in [2.45, 2.75) is 17.4 Å². The Morgan fingerprint density at radius 3 is 2.75 bits per heavy atom. The molecule has 0 spiro atoms. The number of anilines is 1. The third kappa shape index (κ3) is 4.77. The highest BCUT2D eigenvalue weighted by atomic mass is 79.9. The maximum absolute atomic E-state index is 13.8.